The largest absolute Gasteiger partial charge is 0.482 e. The quantitative estimate of drug-likeness (QED) is 0.777. The number of hydrogen-bond donors (Lipinski definition) is 2. The van der Waals surface area contributed by atoms with Crippen molar-refractivity contribution < 1.29 is 22.7 Å². The van der Waals surface area contributed by atoms with Gasteiger partial charge in [-0.05, 0) is 28.5 Å². The molecule has 0 spiro atoms. The van der Waals surface area contributed by atoms with Crippen molar-refractivity contribution >= 4 is 21.8 Å². The van der Waals surface area contributed by atoms with Crippen molar-refractivity contribution in [2.75, 3.05) is 19.7 Å². The van der Waals surface area contributed by atoms with E-state index in [4.69, 9.17) is 4.74 Å². The summed E-state index contributed by atoms with van der Waals surface area (Å²) in [4.78, 5) is 11.3. The summed E-state index contributed by atoms with van der Waals surface area (Å²) in [5.41, 5.74) is 0.815. The topological polar surface area (TPSA) is 50.4 Å². The maximum absolute atomic E-state index is 12.0. The van der Waals surface area contributed by atoms with Crippen molar-refractivity contribution in [1.82, 2.24) is 10.6 Å². The molecule has 0 saturated heterocycles. The highest BCUT2D eigenvalue weighted by atomic mass is 79.9. The number of rotatable bonds is 7. The molecular formula is C13H16BrF3N2O2. The van der Waals surface area contributed by atoms with Crippen LogP contribution in [-0.2, 0) is 11.3 Å². The number of carbonyl (C=O) groups excluding carboxylic acids is 1. The molecule has 0 aliphatic carbocycles. The monoisotopic (exact) mass is 368 g/mol. The molecule has 0 aliphatic heterocycles. The lowest BCUT2D eigenvalue weighted by molar-refractivity contribution is -0.139. The average molecular weight is 369 g/mol. The number of ether oxygens (including phenoxy) is 1. The Hall–Kier alpha value is -1.28. The fourth-order valence-electron chi connectivity index (χ4n) is 1.50. The predicted molar refractivity (Wildman–Crippen MR) is 76.1 cm³/mol. The molecule has 0 aliphatic rings. The Morgan fingerprint density at radius 1 is 1.38 bits per heavy atom. The Kier molecular flexibility index (Phi) is 6.97. The smallest absolute Gasteiger partial charge is 0.405 e. The predicted octanol–water partition coefficient (Wildman–Crippen LogP) is 2.62. The molecule has 0 radical (unpaired) electrons. The minimum absolute atomic E-state index is 0.445. The van der Waals surface area contributed by atoms with Crippen LogP contribution in [-0.4, -0.2) is 31.8 Å². The van der Waals surface area contributed by atoms with E-state index >= 15 is 0 Å². The van der Waals surface area contributed by atoms with Crippen LogP contribution in [0.15, 0.2) is 22.7 Å². The number of halogens is 4. The van der Waals surface area contributed by atoms with Crippen molar-refractivity contribution in [2.45, 2.75) is 19.6 Å². The van der Waals surface area contributed by atoms with Crippen LogP contribution < -0.4 is 15.4 Å². The molecule has 0 bridgehead atoms. The van der Waals surface area contributed by atoms with Crippen molar-refractivity contribution in [3.63, 3.8) is 0 Å². The average Bonchev–Trinajstić information content (AvgIpc) is 2.41. The molecule has 1 aromatic carbocycles. The van der Waals surface area contributed by atoms with Gasteiger partial charge in [-0.25, -0.2) is 0 Å². The molecule has 0 aromatic heterocycles. The van der Waals surface area contributed by atoms with Gasteiger partial charge in [-0.2, -0.15) is 13.2 Å². The number of alkyl halides is 3. The van der Waals surface area contributed by atoms with Crippen LogP contribution in [0.2, 0.25) is 0 Å². The maximum atomic E-state index is 12.0. The zero-order valence-corrected chi connectivity index (χ0v) is 13.0. The minimum atomic E-state index is -4.43. The molecule has 0 atom stereocenters. The molecule has 4 nitrogen and oxygen atoms in total. The fourth-order valence-corrected chi connectivity index (χ4v) is 2.02. The normalized spacial score (nSPS) is 11.3. The van der Waals surface area contributed by atoms with Crippen LogP contribution >= 0.6 is 15.9 Å². The Morgan fingerprint density at radius 2 is 2.10 bits per heavy atom. The first-order valence-corrected chi connectivity index (χ1v) is 7.07. The van der Waals surface area contributed by atoms with E-state index in [1.165, 1.54) is 0 Å². The molecule has 8 heteroatoms. The third kappa shape index (κ3) is 6.81. The van der Waals surface area contributed by atoms with E-state index in [1.807, 2.05) is 19.1 Å². The Bertz CT molecular complexity index is 481. The molecule has 21 heavy (non-hydrogen) atoms. The number of para-hydroxylation sites is 1. The number of benzene rings is 1. The van der Waals surface area contributed by atoms with E-state index in [0.717, 1.165) is 12.1 Å². The molecule has 0 unspecified atom stereocenters. The van der Waals surface area contributed by atoms with Crippen molar-refractivity contribution in [1.29, 1.82) is 0 Å². The summed E-state index contributed by atoms with van der Waals surface area (Å²) in [7, 11) is 0. The standard InChI is InChI=1S/C13H16BrF3N2O2/c1-2-18-6-9-4-3-5-10(14)12(9)21-7-11(20)19-8-13(15,16)17/h3-5,18H,2,6-8H2,1H3,(H,19,20). The van der Waals surface area contributed by atoms with Gasteiger partial charge >= 0.3 is 6.18 Å². The van der Waals surface area contributed by atoms with Crippen LogP contribution in [0.4, 0.5) is 13.2 Å². The third-order valence-electron chi connectivity index (χ3n) is 2.45. The van der Waals surface area contributed by atoms with Gasteiger partial charge in [0.05, 0.1) is 4.47 Å². The first-order valence-electron chi connectivity index (χ1n) is 6.28. The second-order valence-electron chi connectivity index (χ2n) is 4.19. The highest BCUT2D eigenvalue weighted by Crippen LogP contribution is 2.29. The zero-order chi connectivity index (χ0) is 15.9. The van der Waals surface area contributed by atoms with Crippen LogP contribution in [0.5, 0.6) is 5.75 Å². The van der Waals surface area contributed by atoms with Gasteiger partial charge in [0.2, 0.25) is 0 Å². The summed E-state index contributed by atoms with van der Waals surface area (Å²) in [6.07, 6.45) is -4.43. The lowest BCUT2D eigenvalue weighted by atomic mass is 10.2. The first kappa shape index (κ1) is 17.8. The second-order valence-corrected chi connectivity index (χ2v) is 5.04. The maximum Gasteiger partial charge on any atom is 0.405 e. The first-order chi connectivity index (χ1) is 9.83. The number of amides is 1. The number of carbonyl (C=O) groups is 1. The number of nitrogens with one attached hydrogen (secondary N) is 2. The van der Waals surface area contributed by atoms with Crippen LogP contribution in [0, 0.1) is 0 Å². The summed E-state index contributed by atoms with van der Waals surface area (Å²) in [6, 6.07) is 5.36. The van der Waals surface area contributed by atoms with E-state index in [0.29, 0.717) is 16.8 Å². The Labute approximate surface area is 129 Å². The van der Waals surface area contributed by atoms with Crippen molar-refractivity contribution in [3.05, 3.63) is 28.2 Å². The van der Waals surface area contributed by atoms with Gasteiger partial charge < -0.3 is 15.4 Å². The molecule has 0 saturated carbocycles. The lowest BCUT2D eigenvalue weighted by Crippen LogP contribution is -2.36. The molecular weight excluding hydrogens is 353 g/mol. The highest BCUT2D eigenvalue weighted by molar-refractivity contribution is 9.10. The highest BCUT2D eigenvalue weighted by Gasteiger charge is 2.27. The molecule has 118 valence electrons. The van der Waals surface area contributed by atoms with Crippen LogP contribution in [0.1, 0.15) is 12.5 Å². The summed E-state index contributed by atoms with van der Waals surface area (Å²) < 4.78 is 41.9. The van der Waals surface area contributed by atoms with Gasteiger partial charge in [0.25, 0.3) is 5.91 Å². The SMILES string of the molecule is CCNCc1cccc(Br)c1OCC(=O)NCC(F)(F)F. The van der Waals surface area contributed by atoms with E-state index in [1.54, 1.807) is 11.4 Å². The summed E-state index contributed by atoms with van der Waals surface area (Å²) in [6.45, 7) is 1.41. The summed E-state index contributed by atoms with van der Waals surface area (Å²) >= 11 is 3.30. The summed E-state index contributed by atoms with van der Waals surface area (Å²) in [5.74, 6) is -0.377. The molecule has 1 rings (SSSR count). The van der Waals surface area contributed by atoms with Gasteiger partial charge in [0, 0.05) is 12.1 Å². The third-order valence-corrected chi connectivity index (χ3v) is 3.07. The van der Waals surface area contributed by atoms with Gasteiger partial charge in [-0.3, -0.25) is 4.79 Å². The van der Waals surface area contributed by atoms with Crippen molar-refractivity contribution in [2.24, 2.45) is 0 Å². The van der Waals surface area contributed by atoms with Gasteiger partial charge in [-0.1, -0.05) is 19.1 Å². The molecule has 1 amide bonds. The van der Waals surface area contributed by atoms with Crippen LogP contribution in [0.25, 0.3) is 0 Å². The Morgan fingerprint density at radius 3 is 2.71 bits per heavy atom. The molecule has 1 aromatic rings. The van der Waals surface area contributed by atoms with Gasteiger partial charge in [0.15, 0.2) is 6.61 Å². The van der Waals surface area contributed by atoms with E-state index in [-0.39, 0.29) is 0 Å². The minimum Gasteiger partial charge on any atom is -0.482 e. The van der Waals surface area contributed by atoms with Gasteiger partial charge in [0.1, 0.15) is 12.3 Å². The second kappa shape index (κ2) is 8.23. The fraction of sp³-hybridized carbons (Fsp3) is 0.462. The van der Waals surface area contributed by atoms with E-state index in [2.05, 4.69) is 21.2 Å². The van der Waals surface area contributed by atoms with E-state index < -0.39 is 25.2 Å². The van der Waals surface area contributed by atoms with E-state index in [9.17, 15) is 18.0 Å². The Balaban J connectivity index is 2.59. The molecule has 0 heterocycles. The molecule has 0 fully saturated rings. The van der Waals surface area contributed by atoms with Crippen molar-refractivity contribution in [3.8, 4) is 5.75 Å². The number of hydrogen-bond acceptors (Lipinski definition) is 3. The zero-order valence-electron chi connectivity index (χ0n) is 11.4. The summed E-state index contributed by atoms with van der Waals surface area (Å²) in [5, 5.41) is 4.87. The van der Waals surface area contributed by atoms with Gasteiger partial charge in [-0.15, -0.1) is 0 Å². The lowest BCUT2D eigenvalue weighted by Gasteiger charge is -2.14. The molecule has 2 N–H and O–H groups in total. The van der Waals surface area contributed by atoms with Crippen LogP contribution in [0.3, 0.4) is 0 Å².